The number of rotatable bonds is 7. The first-order chi connectivity index (χ1) is 10.7. The molecule has 2 nitrogen and oxygen atoms in total. The van der Waals surface area contributed by atoms with Gasteiger partial charge in [-0.15, -0.1) is 0 Å². The lowest BCUT2D eigenvalue weighted by atomic mass is 10.1. The Kier molecular flexibility index (Phi) is 5.16. The minimum absolute atomic E-state index is 0.600. The van der Waals surface area contributed by atoms with Crippen LogP contribution in [0.4, 0.5) is 0 Å². The van der Waals surface area contributed by atoms with Crippen molar-refractivity contribution in [3.8, 4) is 5.75 Å². The van der Waals surface area contributed by atoms with Gasteiger partial charge >= 0.3 is 0 Å². The standard InChI is InChI=1S/C19H22BrNO/c1-21(17-8-9-17)12-11-15-7-10-19(18(20)13-15)22-14-16-5-3-2-4-6-16/h2-7,10,13,17H,8-9,11-12,14H2,1H3. The molecule has 0 amide bonds. The first kappa shape index (κ1) is 15.6. The van der Waals surface area contributed by atoms with Crippen LogP contribution in [0.2, 0.25) is 0 Å². The summed E-state index contributed by atoms with van der Waals surface area (Å²) in [7, 11) is 2.23. The van der Waals surface area contributed by atoms with Gasteiger partial charge in [0.1, 0.15) is 12.4 Å². The molecule has 2 aromatic rings. The van der Waals surface area contributed by atoms with Crippen LogP contribution in [-0.4, -0.2) is 24.5 Å². The monoisotopic (exact) mass is 359 g/mol. The number of hydrogen-bond donors (Lipinski definition) is 0. The summed E-state index contributed by atoms with van der Waals surface area (Å²) < 4.78 is 6.93. The van der Waals surface area contributed by atoms with Crippen LogP contribution in [0.25, 0.3) is 0 Å². The number of ether oxygens (including phenoxy) is 1. The van der Waals surface area contributed by atoms with E-state index in [1.54, 1.807) is 0 Å². The van der Waals surface area contributed by atoms with E-state index < -0.39 is 0 Å². The lowest BCUT2D eigenvalue weighted by Crippen LogP contribution is -2.23. The van der Waals surface area contributed by atoms with Gasteiger partial charge in [-0.05, 0) is 65.5 Å². The minimum atomic E-state index is 0.600. The Balaban J connectivity index is 1.54. The van der Waals surface area contributed by atoms with E-state index in [0.717, 1.165) is 29.2 Å². The van der Waals surface area contributed by atoms with Gasteiger partial charge in [-0.25, -0.2) is 0 Å². The second-order valence-electron chi connectivity index (χ2n) is 6.00. The predicted molar refractivity (Wildman–Crippen MR) is 94.3 cm³/mol. The SMILES string of the molecule is CN(CCc1ccc(OCc2ccccc2)c(Br)c1)C1CC1. The summed E-state index contributed by atoms with van der Waals surface area (Å²) >= 11 is 3.63. The summed E-state index contributed by atoms with van der Waals surface area (Å²) in [5.41, 5.74) is 2.54. The summed E-state index contributed by atoms with van der Waals surface area (Å²) in [6.45, 7) is 1.73. The zero-order valence-electron chi connectivity index (χ0n) is 13.0. The van der Waals surface area contributed by atoms with Gasteiger partial charge in [-0.2, -0.15) is 0 Å². The van der Waals surface area contributed by atoms with E-state index in [1.807, 2.05) is 18.2 Å². The Labute approximate surface area is 141 Å². The smallest absolute Gasteiger partial charge is 0.134 e. The van der Waals surface area contributed by atoms with E-state index in [9.17, 15) is 0 Å². The fraction of sp³-hybridized carbons (Fsp3) is 0.368. The lowest BCUT2D eigenvalue weighted by Gasteiger charge is -2.16. The molecule has 0 bridgehead atoms. The summed E-state index contributed by atoms with van der Waals surface area (Å²) in [6, 6.07) is 17.5. The highest BCUT2D eigenvalue weighted by Crippen LogP contribution is 2.28. The summed E-state index contributed by atoms with van der Waals surface area (Å²) in [6.07, 6.45) is 3.82. The molecule has 1 aliphatic rings. The van der Waals surface area contributed by atoms with Gasteiger partial charge < -0.3 is 9.64 Å². The Bertz CT molecular complexity index is 610. The molecule has 0 spiro atoms. The third kappa shape index (κ3) is 4.34. The first-order valence-electron chi connectivity index (χ1n) is 7.88. The molecule has 0 unspecified atom stereocenters. The van der Waals surface area contributed by atoms with Gasteiger partial charge in [-0.3, -0.25) is 0 Å². The van der Waals surface area contributed by atoms with E-state index in [1.165, 1.54) is 24.0 Å². The third-order valence-electron chi connectivity index (χ3n) is 4.16. The summed E-state index contributed by atoms with van der Waals surface area (Å²) in [5, 5.41) is 0. The fourth-order valence-electron chi connectivity index (χ4n) is 2.56. The van der Waals surface area contributed by atoms with Crippen molar-refractivity contribution < 1.29 is 4.74 Å². The van der Waals surface area contributed by atoms with Gasteiger partial charge in [0.25, 0.3) is 0 Å². The second-order valence-corrected chi connectivity index (χ2v) is 6.86. The van der Waals surface area contributed by atoms with Gasteiger partial charge in [-0.1, -0.05) is 36.4 Å². The average Bonchev–Trinajstić information content (AvgIpc) is 3.37. The highest BCUT2D eigenvalue weighted by molar-refractivity contribution is 9.10. The van der Waals surface area contributed by atoms with Crippen molar-refractivity contribution >= 4 is 15.9 Å². The van der Waals surface area contributed by atoms with E-state index in [4.69, 9.17) is 4.74 Å². The topological polar surface area (TPSA) is 12.5 Å². The van der Waals surface area contributed by atoms with Crippen LogP contribution in [0.1, 0.15) is 24.0 Å². The quantitative estimate of drug-likeness (QED) is 0.712. The predicted octanol–water partition coefficient (Wildman–Crippen LogP) is 4.66. The number of likely N-dealkylation sites (N-methyl/N-ethyl adjacent to an activating group) is 1. The van der Waals surface area contributed by atoms with Gasteiger partial charge in [0.2, 0.25) is 0 Å². The summed E-state index contributed by atoms with van der Waals surface area (Å²) in [4.78, 5) is 2.47. The van der Waals surface area contributed by atoms with Crippen LogP contribution in [0.5, 0.6) is 5.75 Å². The Morgan fingerprint density at radius 2 is 1.86 bits per heavy atom. The van der Waals surface area contributed by atoms with Crippen LogP contribution in [0.3, 0.4) is 0 Å². The van der Waals surface area contributed by atoms with E-state index in [-0.39, 0.29) is 0 Å². The zero-order valence-corrected chi connectivity index (χ0v) is 14.6. The van der Waals surface area contributed by atoms with E-state index in [0.29, 0.717) is 6.61 Å². The molecular weight excluding hydrogens is 338 g/mol. The van der Waals surface area contributed by atoms with Crippen LogP contribution < -0.4 is 4.74 Å². The number of hydrogen-bond acceptors (Lipinski definition) is 2. The fourth-order valence-corrected chi connectivity index (χ4v) is 3.10. The molecular formula is C19H22BrNO. The average molecular weight is 360 g/mol. The summed E-state index contributed by atoms with van der Waals surface area (Å²) in [5.74, 6) is 0.906. The molecule has 0 atom stereocenters. The van der Waals surface area contributed by atoms with Crippen LogP contribution >= 0.6 is 15.9 Å². The molecule has 1 fully saturated rings. The number of nitrogens with zero attached hydrogens (tertiary/aromatic N) is 1. The van der Waals surface area contributed by atoms with Crippen molar-refractivity contribution in [3.63, 3.8) is 0 Å². The zero-order chi connectivity index (χ0) is 15.4. The maximum atomic E-state index is 5.89. The van der Waals surface area contributed by atoms with Gasteiger partial charge in [0.15, 0.2) is 0 Å². The first-order valence-corrected chi connectivity index (χ1v) is 8.67. The Morgan fingerprint density at radius 1 is 1.09 bits per heavy atom. The highest BCUT2D eigenvalue weighted by Gasteiger charge is 2.25. The molecule has 22 heavy (non-hydrogen) atoms. The molecule has 1 saturated carbocycles. The molecule has 0 saturated heterocycles. The molecule has 3 rings (SSSR count). The Hall–Kier alpha value is -1.32. The Morgan fingerprint density at radius 3 is 2.55 bits per heavy atom. The van der Waals surface area contributed by atoms with Crippen molar-refractivity contribution in [1.82, 2.24) is 4.90 Å². The van der Waals surface area contributed by atoms with Crippen molar-refractivity contribution in [2.24, 2.45) is 0 Å². The highest BCUT2D eigenvalue weighted by atomic mass is 79.9. The second kappa shape index (κ2) is 7.30. The third-order valence-corrected chi connectivity index (χ3v) is 4.78. The largest absolute Gasteiger partial charge is 0.488 e. The molecule has 1 aliphatic carbocycles. The van der Waals surface area contributed by atoms with Crippen molar-refractivity contribution in [3.05, 3.63) is 64.1 Å². The maximum absolute atomic E-state index is 5.89. The minimum Gasteiger partial charge on any atom is -0.488 e. The van der Waals surface area contributed by atoms with Gasteiger partial charge in [0.05, 0.1) is 4.47 Å². The van der Waals surface area contributed by atoms with Gasteiger partial charge in [0, 0.05) is 12.6 Å². The maximum Gasteiger partial charge on any atom is 0.134 e. The molecule has 0 radical (unpaired) electrons. The molecule has 0 N–H and O–H groups in total. The molecule has 2 aromatic carbocycles. The van der Waals surface area contributed by atoms with E-state index in [2.05, 4.69) is 58.2 Å². The van der Waals surface area contributed by atoms with Crippen LogP contribution in [0.15, 0.2) is 53.0 Å². The molecule has 116 valence electrons. The van der Waals surface area contributed by atoms with Crippen molar-refractivity contribution in [2.75, 3.05) is 13.6 Å². The number of halogens is 1. The molecule has 0 aromatic heterocycles. The lowest BCUT2D eigenvalue weighted by molar-refractivity contribution is 0.304. The van der Waals surface area contributed by atoms with Crippen molar-refractivity contribution in [2.45, 2.75) is 31.9 Å². The molecule has 0 heterocycles. The van der Waals surface area contributed by atoms with E-state index >= 15 is 0 Å². The number of benzene rings is 2. The molecule has 0 aliphatic heterocycles. The van der Waals surface area contributed by atoms with Crippen LogP contribution in [0, 0.1) is 0 Å². The normalized spacial score (nSPS) is 14.3. The van der Waals surface area contributed by atoms with Crippen molar-refractivity contribution in [1.29, 1.82) is 0 Å². The molecule has 3 heteroatoms. The van der Waals surface area contributed by atoms with Crippen LogP contribution in [-0.2, 0) is 13.0 Å².